The SMILES string of the molecule is CCOc1cc(C=C2C(=O)NC(=S)NC2=O)cc(Cl)c1Oc1ccc(C(F)(F)F)cc1[N+](=O)[O-]. The van der Waals surface area contributed by atoms with Crippen LogP contribution in [0.4, 0.5) is 18.9 Å². The molecular formula is C20H13ClF3N3O6S. The first-order chi connectivity index (χ1) is 15.9. The summed E-state index contributed by atoms with van der Waals surface area (Å²) >= 11 is 11.0. The Bertz CT molecular complexity index is 1230. The number of alkyl halides is 3. The van der Waals surface area contributed by atoms with Crippen molar-refractivity contribution in [2.45, 2.75) is 13.1 Å². The Kier molecular flexibility index (Phi) is 7.07. The number of amides is 2. The summed E-state index contributed by atoms with van der Waals surface area (Å²) in [4.78, 5) is 34.4. The van der Waals surface area contributed by atoms with Crippen molar-refractivity contribution in [2.75, 3.05) is 6.61 Å². The molecule has 1 aliphatic rings. The highest BCUT2D eigenvalue weighted by Gasteiger charge is 2.34. The molecule has 0 bridgehead atoms. The van der Waals surface area contributed by atoms with Crippen LogP contribution >= 0.6 is 23.8 Å². The Morgan fingerprint density at radius 3 is 2.35 bits per heavy atom. The molecule has 1 heterocycles. The van der Waals surface area contributed by atoms with Crippen LogP contribution in [0.3, 0.4) is 0 Å². The quantitative estimate of drug-likeness (QED) is 0.193. The number of carbonyl (C=O) groups is 2. The van der Waals surface area contributed by atoms with E-state index in [1.165, 1.54) is 18.2 Å². The number of halogens is 4. The second-order valence-electron chi connectivity index (χ2n) is 6.60. The minimum Gasteiger partial charge on any atom is -0.490 e. The number of ether oxygens (including phenoxy) is 2. The van der Waals surface area contributed by atoms with Crippen LogP contribution in [-0.2, 0) is 15.8 Å². The Balaban J connectivity index is 2.04. The Morgan fingerprint density at radius 1 is 1.15 bits per heavy atom. The second-order valence-corrected chi connectivity index (χ2v) is 7.41. The minimum absolute atomic E-state index is 0.0387. The molecule has 9 nitrogen and oxygen atoms in total. The van der Waals surface area contributed by atoms with E-state index in [1.54, 1.807) is 6.92 Å². The number of carbonyl (C=O) groups excluding carboxylic acids is 2. The van der Waals surface area contributed by atoms with Crippen molar-refractivity contribution in [1.29, 1.82) is 0 Å². The first-order valence-electron chi connectivity index (χ1n) is 9.29. The highest BCUT2D eigenvalue weighted by molar-refractivity contribution is 7.80. The molecule has 2 aromatic rings. The molecule has 0 saturated carbocycles. The van der Waals surface area contributed by atoms with Gasteiger partial charge >= 0.3 is 11.9 Å². The van der Waals surface area contributed by atoms with Gasteiger partial charge in [-0.2, -0.15) is 13.2 Å². The van der Waals surface area contributed by atoms with Crippen LogP contribution in [-0.4, -0.2) is 28.5 Å². The number of nitro benzene ring substituents is 1. The summed E-state index contributed by atoms with van der Waals surface area (Å²) in [5.41, 5.74) is -2.21. The summed E-state index contributed by atoms with van der Waals surface area (Å²) in [5.74, 6) is -2.26. The minimum atomic E-state index is -4.80. The third-order valence-electron chi connectivity index (χ3n) is 4.28. The first kappa shape index (κ1) is 24.9. The maximum Gasteiger partial charge on any atom is 0.416 e. The number of rotatable bonds is 6. The fourth-order valence-electron chi connectivity index (χ4n) is 2.84. The van der Waals surface area contributed by atoms with Crippen LogP contribution in [0.2, 0.25) is 5.02 Å². The predicted octanol–water partition coefficient (Wildman–Crippen LogP) is 4.37. The first-order valence-corrected chi connectivity index (χ1v) is 10.1. The predicted molar refractivity (Wildman–Crippen MR) is 118 cm³/mol. The Labute approximate surface area is 199 Å². The normalized spacial score (nSPS) is 13.8. The summed E-state index contributed by atoms with van der Waals surface area (Å²) in [6.07, 6.45) is -3.60. The molecule has 178 valence electrons. The van der Waals surface area contributed by atoms with Crippen molar-refractivity contribution < 1.29 is 37.2 Å². The number of benzene rings is 2. The largest absolute Gasteiger partial charge is 0.490 e. The maximum atomic E-state index is 13.0. The summed E-state index contributed by atoms with van der Waals surface area (Å²) < 4.78 is 49.8. The van der Waals surface area contributed by atoms with E-state index in [9.17, 15) is 32.9 Å². The van der Waals surface area contributed by atoms with Gasteiger partial charge in [0.2, 0.25) is 5.75 Å². The Hall–Kier alpha value is -3.71. The van der Waals surface area contributed by atoms with Gasteiger partial charge in [0.1, 0.15) is 5.57 Å². The molecular weight excluding hydrogens is 503 g/mol. The van der Waals surface area contributed by atoms with Crippen LogP contribution in [0.5, 0.6) is 17.2 Å². The molecule has 0 atom stereocenters. The topological polar surface area (TPSA) is 120 Å². The van der Waals surface area contributed by atoms with Crippen molar-refractivity contribution >= 4 is 52.5 Å². The number of nitro groups is 1. The van der Waals surface area contributed by atoms with Gasteiger partial charge in [0, 0.05) is 6.07 Å². The van der Waals surface area contributed by atoms with Gasteiger partial charge in [-0.1, -0.05) is 11.6 Å². The molecule has 0 spiro atoms. The molecule has 1 fully saturated rings. The van der Waals surface area contributed by atoms with E-state index in [0.29, 0.717) is 12.1 Å². The average molecular weight is 516 g/mol. The lowest BCUT2D eigenvalue weighted by Gasteiger charge is -2.17. The van der Waals surface area contributed by atoms with Gasteiger partial charge in [0.25, 0.3) is 11.8 Å². The second kappa shape index (κ2) is 9.65. The molecule has 0 unspecified atom stereocenters. The Morgan fingerprint density at radius 2 is 1.79 bits per heavy atom. The zero-order chi connectivity index (χ0) is 25.2. The molecule has 0 aliphatic carbocycles. The van der Waals surface area contributed by atoms with Crippen LogP contribution in [0.15, 0.2) is 35.9 Å². The highest BCUT2D eigenvalue weighted by atomic mass is 35.5. The van der Waals surface area contributed by atoms with Gasteiger partial charge in [-0.25, -0.2) is 0 Å². The van der Waals surface area contributed by atoms with Crippen LogP contribution < -0.4 is 20.1 Å². The van der Waals surface area contributed by atoms with Crippen LogP contribution in [0.25, 0.3) is 6.08 Å². The lowest BCUT2D eigenvalue weighted by Crippen LogP contribution is -2.51. The van der Waals surface area contributed by atoms with Crippen molar-refractivity contribution in [3.63, 3.8) is 0 Å². The molecule has 2 N–H and O–H groups in total. The van der Waals surface area contributed by atoms with Crippen molar-refractivity contribution in [2.24, 2.45) is 0 Å². The van der Waals surface area contributed by atoms with Crippen molar-refractivity contribution in [3.8, 4) is 17.2 Å². The van der Waals surface area contributed by atoms with E-state index in [2.05, 4.69) is 10.6 Å². The number of hydrogen-bond donors (Lipinski definition) is 2. The van der Waals surface area contributed by atoms with E-state index in [4.69, 9.17) is 33.3 Å². The number of hydrogen-bond acceptors (Lipinski definition) is 7. The third kappa shape index (κ3) is 5.43. The molecule has 3 rings (SSSR count). The third-order valence-corrected chi connectivity index (χ3v) is 4.77. The van der Waals surface area contributed by atoms with Crippen molar-refractivity contribution in [3.05, 3.63) is 62.2 Å². The highest BCUT2D eigenvalue weighted by Crippen LogP contribution is 2.44. The molecule has 14 heteroatoms. The molecule has 1 aliphatic heterocycles. The van der Waals surface area contributed by atoms with Crippen molar-refractivity contribution in [1.82, 2.24) is 10.6 Å². The molecule has 2 aromatic carbocycles. The standard InChI is InChI=1S/C20H13ClF3N3O6S/c1-2-32-15-7-9(5-11-17(28)25-19(34)26-18(11)29)6-12(21)16(15)33-14-4-3-10(20(22,23)24)8-13(14)27(30)31/h3-8H,2H2,1H3,(H2,25,26,28,29,34). The maximum absolute atomic E-state index is 13.0. The molecule has 0 aromatic heterocycles. The number of thiocarbonyl (C=S) groups is 1. The lowest BCUT2D eigenvalue weighted by molar-refractivity contribution is -0.385. The monoisotopic (exact) mass is 515 g/mol. The van der Waals surface area contributed by atoms with Gasteiger partial charge in [-0.05, 0) is 55.0 Å². The number of nitrogens with zero attached hydrogens (tertiary/aromatic N) is 1. The molecule has 2 amide bonds. The van der Waals surface area contributed by atoms with E-state index < -0.39 is 39.9 Å². The molecule has 34 heavy (non-hydrogen) atoms. The van der Waals surface area contributed by atoms with Gasteiger partial charge in [0.05, 0.1) is 22.1 Å². The lowest BCUT2D eigenvalue weighted by atomic mass is 10.1. The zero-order valence-corrected chi connectivity index (χ0v) is 18.6. The summed E-state index contributed by atoms with van der Waals surface area (Å²) in [7, 11) is 0. The van der Waals surface area contributed by atoms with Crippen LogP contribution in [0, 0.1) is 10.1 Å². The van der Waals surface area contributed by atoms with Crippen LogP contribution in [0.1, 0.15) is 18.1 Å². The van der Waals surface area contributed by atoms with E-state index in [1.807, 2.05) is 0 Å². The molecule has 0 radical (unpaired) electrons. The van der Waals surface area contributed by atoms with E-state index in [0.717, 1.165) is 6.07 Å². The van der Waals surface area contributed by atoms with Gasteiger partial charge in [0.15, 0.2) is 16.6 Å². The summed E-state index contributed by atoms with van der Waals surface area (Å²) in [6, 6.07) is 4.37. The average Bonchev–Trinajstić information content (AvgIpc) is 2.72. The van der Waals surface area contributed by atoms with E-state index >= 15 is 0 Å². The van der Waals surface area contributed by atoms with E-state index in [-0.39, 0.29) is 39.4 Å². The van der Waals surface area contributed by atoms with Gasteiger partial charge in [-0.15, -0.1) is 0 Å². The summed E-state index contributed by atoms with van der Waals surface area (Å²) in [6.45, 7) is 1.71. The zero-order valence-electron chi connectivity index (χ0n) is 17.0. The van der Waals surface area contributed by atoms with Gasteiger partial charge in [-0.3, -0.25) is 30.3 Å². The smallest absolute Gasteiger partial charge is 0.416 e. The fraction of sp³-hybridized carbons (Fsp3) is 0.150. The summed E-state index contributed by atoms with van der Waals surface area (Å²) in [5, 5.41) is 15.6. The van der Waals surface area contributed by atoms with Gasteiger partial charge < -0.3 is 9.47 Å². The number of nitrogens with one attached hydrogen (secondary N) is 2. The molecule has 1 saturated heterocycles. The fourth-order valence-corrected chi connectivity index (χ4v) is 3.28.